The van der Waals surface area contributed by atoms with Gasteiger partial charge in [0, 0.05) is 0 Å². The first-order valence-electron chi connectivity index (χ1n) is 12.3. The molecule has 1 aromatic carbocycles. The van der Waals surface area contributed by atoms with E-state index in [-0.39, 0.29) is 0 Å². The predicted molar refractivity (Wildman–Crippen MR) is 139 cm³/mol. The van der Waals surface area contributed by atoms with Gasteiger partial charge in [-0.2, -0.15) is 0 Å². The van der Waals surface area contributed by atoms with Crippen molar-refractivity contribution in [1.29, 1.82) is 0 Å². The predicted octanol–water partition coefficient (Wildman–Crippen LogP) is 9.24. The van der Waals surface area contributed by atoms with Crippen molar-refractivity contribution in [2.45, 2.75) is 86.5 Å². The molecule has 0 radical (unpaired) electrons. The molecule has 0 aliphatic carbocycles. The Morgan fingerprint density at radius 3 is 1.74 bits per heavy atom. The summed E-state index contributed by atoms with van der Waals surface area (Å²) in [5, 5.41) is 0. The van der Waals surface area contributed by atoms with Crippen LogP contribution in [0.25, 0.3) is 6.08 Å². The Morgan fingerprint density at radius 1 is 0.839 bits per heavy atom. The zero-order valence-corrected chi connectivity index (χ0v) is 24.3. The van der Waals surface area contributed by atoms with Crippen molar-refractivity contribution < 1.29 is 13.6 Å². The Balaban J connectivity index is 3.58. The normalized spacial score (nSPS) is 13.3. The zero-order valence-electron chi connectivity index (χ0n) is 20.6. The van der Waals surface area contributed by atoms with E-state index in [1.165, 1.54) is 51.8 Å². The van der Waals surface area contributed by atoms with E-state index in [0.29, 0.717) is 13.2 Å². The number of hydrogen-bond donors (Lipinski definition) is 0. The number of benzene rings is 1. The molecule has 0 fully saturated rings. The van der Waals surface area contributed by atoms with Crippen LogP contribution in [0.4, 0.5) is 0 Å². The fourth-order valence-electron chi connectivity index (χ4n) is 4.19. The van der Waals surface area contributed by atoms with Crippen molar-refractivity contribution in [3.05, 3.63) is 51.4 Å². The maximum absolute atomic E-state index is 14.2. The summed E-state index contributed by atoms with van der Waals surface area (Å²) in [5.41, 5.74) is 1.15. The molecule has 0 aromatic heterocycles. The van der Waals surface area contributed by atoms with Crippen LogP contribution in [0, 0.1) is 0 Å². The molecule has 31 heavy (non-hydrogen) atoms. The molecule has 1 rings (SSSR count). The first-order valence-corrected chi connectivity index (χ1v) is 21.4. The zero-order chi connectivity index (χ0) is 23.0. The van der Waals surface area contributed by atoms with Gasteiger partial charge in [-0.3, -0.25) is 0 Å². The molecule has 3 nitrogen and oxygen atoms in total. The molecule has 0 unspecified atom stereocenters. The first kappa shape index (κ1) is 28.7. The van der Waals surface area contributed by atoms with Gasteiger partial charge in [0.1, 0.15) is 0 Å². The Bertz CT molecular complexity index is 668. The number of allylic oxidation sites excluding steroid dienone is 2. The molecule has 0 aliphatic heterocycles. The van der Waals surface area contributed by atoms with Gasteiger partial charge in [0.15, 0.2) is 0 Å². The molecule has 0 saturated carbocycles. The van der Waals surface area contributed by atoms with E-state index in [2.05, 4.69) is 51.1 Å². The van der Waals surface area contributed by atoms with E-state index >= 15 is 0 Å². The second kappa shape index (κ2) is 16.3. The van der Waals surface area contributed by atoms with Crippen LogP contribution >= 0.6 is 7.60 Å². The summed E-state index contributed by atoms with van der Waals surface area (Å²) in [5.74, 6) is 0. The summed E-state index contributed by atoms with van der Waals surface area (Å²) in [6, 6.07) is 10.3. The average Bonchev–Trinajstić information content (AvgIpc) is 2.78. The van der Waals surface area contributed by atoms with Crippen LogP contribution in [0.15, 0.2) is 45.8 Å². The Morgan fingerprint density at radius 2 is 1.32 bits per heavy atom. The van der Waals surface area contributed by atoms with Crippen LogP contribution in [0.2, 0.25) is 13.3 Å². The SMILES string of the molecule is CCC[CH2][Sn]([CH2]CCC)([CH2]CCC)/[C](=C\C=C\c1ccccc1)P(=O)(OCC)OCC. The summed E-state index contributed by atoms with van der Waals surface area (Å²) in [6.45, 7) is 11.5. The van der Waals surface area contributed by atoms with E-state index in [4.69, 9.17) is 9.05 Å². The van der Waals surface area contributed by atoms with Crippen molar-refractivity contribution >= 4 is 32.0 Å². The molecule has 0 amide bonds. The number of hydrogen-bond acceptors (Lipinski definition) is 3. The summed E-state index contributed by atoms with van der Waals surface area (Å²) in [4.78, 5) is 0. The van der Waals surface area contributed by atoms with E-state index in [1.54, 1.807) is 0 Å². The third-order valence-corrected chi connectivity index (χ3v) is 28.1. The van der Waals surface area contributed by atoms with Crippen molar-refractivity contribution in [2.75, 3.05) is 13.2 Å². The van der Waals surface area contributed by atoms with E-state index in [9.17, 15) is 4.57 Å². The van der Waals surface area contributed by atoms with Gasteiger partial charge in [-0.05, 0) is 0 Å². The second-order valence-electron chi connectivity index (χ2n) is 8.25. The third kappa shape index (κ3) is 9.58. The second-order valence-corrected chi connectivity index (χ2v) is 24.6. The fraction of sp³-hybridized carbons (Fsp3) is 0.615. The van der Waals surface area contributed by atoms with Crippen LogP contribution in [0.1, 0.15) is 78.7 Å². The molecule has 0 aliphatic rings. The van der Waals surface area contributed by atoms with Crippen LogP contribution in [0.3, 0.4) is 0 Å². The van der Waals surface area contributed by atoms with E-state index in [1.807, 2.05) is 32.0 Å². The fourth-order valence-corrected chi connectivity index (χ4v) is 28.8. The van der Waals surface area contributed by atoms with Crippen molar-refractivity contribution in [3.63, 3.8) is 0 Å². The minimum atomic E-state index is -3.29. The van der Waals surface area contributed by atoms with Gasteiger partial charge in [0.05, 0.1) is 0 Å². The summed E-state index contributed by atoms with van der Waals surface area (Å²) >= 11 is -3.01. The first-order chi connectivity index (χ1) is 15.0. The molecule has 0 bridgehead atoms. The van der Waals surface area contributed by atoms with Gasteiger partial charge >= 0.3 is 197 Å². The minimum absolute atomic E-state index is 0.411. The number of rotatable bonds is 17. The van der Waals surface area contributed by atoms with Gasteiger partial charge in [-0.25, -0.2) is 0 Å². The van der Waals surface area contributed by atoms with Crippen molar-refractivity contribution in [2.24, 2.45) is 0 Å². The van der Waals surface area contributed by atoms with Crippen LogP contribution < -0.4 is 0 Å². The standard InChI is InChI=1S/C14H18O3P.3C4H9.Sn/c1-3-16-18(15,17-4-2)13-9-8-12-14-10-6-5-7-11-14;3*1-3-4-2;/h5-12H,3-4H2,1-2H3;3*1,3-4H2,2H3;/b12-8+,13-9?;;;;. The van der Waals surface area contributed by atoms with Gasteiger partial charge in [0.25, 0.3) is 0 Å². The molecule has 0 heterocycles. The molecule has 176 valence electrons. The Labute approximate surface area is 196 Å². The maximum atomic E-state index is 14.2. The third-order valence-electron chi connectivity index (χ3n) is 5.81. The van der Waals surface area contributed by atoms with Crippen molar-refractivity contribution in [3.8, 4) is 0 Å². The molecule has 0 N–H and O–H groups in total. The van der Waals surface area contributed by atoms with Crippen molar-refractivity contribution in [1.82, 2.24) is 0 Å². The topological polar surface area (TPSA) is 35.5 Å². The van der Waals surface area contributed by atoms with Gasteiger partial charge < -0.3 is 0 Å². The Hall–Kier alpha value is -0.351. The van der Waals surface area contributed by atoms with Gasteiger partial charge in [0.2, 0.25) is 0 Å². The monoisotopic (exact) mass is 556 g/mol. The number of unbranched alkanes of at least 4 members (excludes halogenated alkanes) is 3. The molecular formula is C26H45O3PSn. The summed E-state index contributed by atoms with van der Waals surface area (Å²) in [6.07, 6.45) is 13.5. The van der Waals surface area contributed by atoms with E-state index in [0.717, 1.165) is 8.89 Å². The average molecular weight is 555 g/mol. The molecule has 0 saturated heterocycles. The molecule has 1 aromatic rings. The molecule has 0 atom stereocenters. The molecule has 0 spiro atoms. The summed E-state index contributed by atoms with van der Waals surface area (Å²) in [7, 11) is -3.29. The molecule has 5 heteroatoms. The van der Waals surface area contributed by atoms with Gasteiger partial charge in [-0.1, -0.05) is 0 Å². The quantitative estimate of drug-likeness (QED) is 0.109. The van der Waals surface area contributed by atoms with Gasteiger partial charge in [-0.15, -0.1) is 0 Å². The molecular weight excluding hydrogens is 510 g/mol. The van der Waals surface area contributed by atoms with Crippen LogP contribution in [0.5, 0.6) is 0 Å². The Kier molecular flexibility index (Phi) is 15.1. The van der Waals surface area contributed by atoms with Crippen LogP contribution in [-0.4, -0.2) is 31.6 Å². The van der Waals surface area contributed by atoms with Crippen LogP contribution in [-0.2, 0) is 13.6 Å². The summed E-state index contributed by atoms with van der Waals surface area (Å²) < 4.78 is 30.9. The van der Waals surface area contributed by atoms with E-state index < -0.39 is 26.0 Å².